The zero-order valence-electron chi connectivity index (χ0n) is 16.5. The molecule has 1 saturated carbocycles. The van der Waals surface area contributed by atoms with Crippen molar-refractivity contribution in [3.8, 4) is 23.7 Å². The first-order valence-corrected chi connectivity index (χ1v) is 10.2. The van der Waals surface area contributed by atoms with Gasteiger partial charge in [-0.05, 0) is 68.5 Å². The Labute approximate surface area is 170 Å². The Kier molecular flexibility index (Phi) is 7.57. The molecule has 1 aromatic rings. The van der Waals surface area contributed by atoms with E-state index < -0.39 is 16.8 Å². The van der Waals surface area contributed by atoms with Crippen LogP contribution in [-0.4, -0.2) is 47.7 Å². The van der Waals surface area contributed by atoms with Crippen molar-refractivity contribution in [3.63, 3.8) is 0 Å². The molecule has 1 fully saturated rings. The van der Waals surface area contributed by atoms with E-state index in [4.69, 9.17) is 9.84 Å². The number of thioether (sulfide) groups is 1. The number of benzene rings is 1. The van der Waals surface area contributed by atoms with E-state index in [0.29, 0.717) is 11.5 Å². The summed E-state index contributed by atoms with van der Waals surface area (Å²) in [7, 11) is 1.31. The molecule has 1 aromatic carbocycles. The predicted molar refractivity (Wildman–Crippen MR) is 111 cm³/mol. The first kappa shape index (κ1) is 21.9. The topological polar surface area (TPSA) is 75.6 Å². The number of esters is 1. The van der Waals surface area contributed by atoms with Crippen molar-refractivity contribution in [2.75, 3.05) is 20.0 Å². The molecular weight excluding hydrogens is 374 g/mol. The normalized spacial score (nSPS) is 18.6. The van der Waals surface area contributed by atoms with Crippen molar-refractivity contribution in [1.29, 1.82) is 0 Å². The van der Waals surface area contributed by atoms with Gasteiger partial charge in [-0.3, -0.25) is 4.79 Å². The molecule has 0 heterocycles. The van der Waals surface area contributed by atoms with E-state index in [1.807, 2.05) is 20.1 Å². The Morgan fingerprint density at radius 2 is 2.00 bits per heavy atom. The second kappa shape index (κ2) is 9.68. The van der Waals surface area contributed by atoms with Crippen LogP contribution in [0.1, 0.15) is 36.2 Å². The minimum absolute atomic E-state index is 0.182. The smallest absolute Gasteiger partial charge is 0.329 e. The molecule has 1 aliphatic carbocycles. The molecule has 1 aliphatic rings. The fraction of sp³-hybridized carbons (Fsp3) is 0.455. The van der Waals surface area contributed by atoms with Crippen LogP contribution in [0.25, 0.3) is 0 Å². The summed E-state index contributed by atoms with van der Waals surface area (Å²) in [6.45, 7) is 3.94. The minimum atomic E-state index is -0.764. The lowest BCUT2D eigenvalue weighted by Gasteiger charge is -2.31. The van der Waals surface area contributed by atoms with Crippen molar-refractivity contribution in [2.45, 2.75) is 31.1 Å². The number of ether oxygens (including phenoxy) is 1. The number of amides is 1. The molecule has 148 valence electrons. The Morgan fingerprint density at radius 1 is 1.32 bits per heavy atom. The Hall–Kier alpha value is -2.41. The van der Waals surface area contributed by atoms with Gasteiger partial charge in [-0.25, -0.2) is 4.79 Å². The van der Waals surface area contributed by atoms with Gasteiger partial charge >= 0.3 is 5.97 Å². The van der Waals surface area contributed by atoms with Crippen LogP contribution in [0.2, 0.25) is 0 Å². The van der Waals surface area contributed by atoms with E-state index in [-0.39, 0.29) is 18.4 Å². The number of hydrogen-bond acceptors (Lipinski definition) is 5. The van der Waals surface area contributed by atoms with E-state index in [2.05, 4.69) is 29.0 Å². The molecule has 0 aliphatic heterocycles. The van der Waals surface area contributed by atoms with Gasteiger partial charge in [0, 0.05) is 28.4 Å². The van der Waals surface area contributed by atoms with Crippen LogP contribution < -0.4 is 5.32 Å². The molecule has 0 aromatic heterocycles. The van der Waals surface area contributed by atoms with Crippen LogP contribution in [0.3, 0.4) is 0 Å². The van der Waals surface area contributed by atoms with Crippen LogP contribution in [0, 0.1) is 35.5 Å². The van der Waals surface area contributed by atoms with E-state index in [9.17, 15) is 9.59 Å². The maximum absolute atomic E-state index is 12.5. The number of nitrogens with one attached hydrogen (secondary N) is 1. The summed E-state index contributed by atoms with van der Waals surface area (Å²) in [5.74, 6) is 11.3. The summed E-state index contributed by atoms with van der Waals surface area (Å²) in [6.07, 6.45) is 2.82. The average Bonchev–Trinajstić information content (AvgIpc) is 3.47. The highest BCUT2D eigenvalue weighted by Crippen LogP contribution is 2.36. The molecule has 0 saturated heterocycles. The predicted octanol–water partition coefficient (Wildman–Crippen LogP) is 2.08. The summed E-state index contributed by atoms with van der Waals surface area (Å²) in [4.78, 5) is 24.6. The molecule has 2 rings (SSSR count). The molecule has 0 bridgehead atoms. The van der Waals surface area contributed by atoms with Crippen molar-refractivity contribution >= 4 is 23.6 Å². The average molecular weight is 400 g/mol. The maximum Gasteiger partial charge on any atom is 0.329 e. The van der Waals surface area contributed by atoms with Crippen LogP contribution in [0.5, 0.6) is 0 Å². The number of methoxy groups -OCH3 is 1. The molecule has 6 heteroatoms. The lowest BCUT2D eigenvalue weighted by atomic mass is 10.0. The Bertz CT molecular complexity index is 839. The maximum atomic E-state index is 12.5. The summed E-state index contributed by atoms with van der Waals surface area (Å²) < 4.78 is 4.32. The van der Waals surface area contributed by atoms with Crippen molar-refractivity contribution in [3.05, 3.63) is 35.4 Å². The SMILES string of the molecule is COC(=O)[C@@H](NC(=O)c1ccc(C#CC#C[C@H]2C[C@@H]2CO)cc1)C(C)(C)SC. The lowest BCUT2D eigenvalue weighted by Crippen LogP contribution is -2.52. The van der Waals surface area contributed by atoms with Crippen LogP contribution in [-0.2, 0) is 9.53 Å². The number of aliphatic hydroxyl groups excluding tert-OH is 1. The number of aliphatic hydroxyl groups is 1. The van der Waals surface area contributed by atoms with Gasteiger partial charge in [0.15, 0.2) is 0 Å². The van der Waals surface area contributed by atoms with Crippen molar-refractivity contribution in [1.82, 2.24) is 5.32 Å². The number of carbonyl (C=O) groups excluding carboxylic acids is 2. The summed E-state index contributed by atoms with van der Waals surface area (Å²) in [5.41, 5.74) is 1.18. The Balaban J connectivity index is 2.02. The van der Waals surface area contributed by atoms with Gasteiger partial charge in [0.05, 0.1) is 7.11 Å². The van der Waals surface area contributed by atoms with Gasteiger partial charge in [0.2, 0.25) is 0 Å². The number of carbonyl (C=O) groups is 2. The number of rotatable bonds is 6. The van der Waals surface area contributed by atoms with Gasteiger partial charge in [-0.2, -0.15) is 11.8 Å². The summed E-state index contributed by atoms with van der Waals surface area (Å²) in [5, 5.41) is 11.7. The molecule has 0 unspecified atom stereocenters. The molecule has 1 amide bonds. The summed E-state index contributed by atoms with van der Waals surface area (Å²) in [6, 6.07) is 6.04. The van der Waals surface area contributed by atoms with Gasteiger partial charge in [-0.15, -0.1) is 0 Å². The molecule has 5 nitrogen and oxygen atoms in total. The van der Waals surface area contributed by atoms with E-state index in [0.717, 1.165) is 12.0 Å². The van der Waals surface area contributed by atoms with Crippen LogP contribution in [0.4, 0.5) is 0 Å². The minimum Gasteiger partial charge on any atom is -0.467 e. The zero-order valence-corrected chi connectivity index (χ0v) is 17.4. The number of hydrogen-bond donors (Lipinski definition) is 2. The largest absolute Gasteiger partial charge is 0.467 e. The lowest BCUT2D eigenvalue weighted by molar-refractivity contribution is -0.143. The second-order valence-corrected chi connectivity index (χ2v) is 8.58. The summed E-state index contributed by atoms with van der Waals surface area (Å²) >= 11 is 1.48. The van der Waals surface area contributed by atoms with E-state index in [1.54, 1.807) is 24.3 Å². The van der Waals surface area contributed by atoms with Gasteiger partial charge in [-0.1, -0.05) is 11.8 Å². The third-order valence-electron chi connectivity index (χ3n) is 4.76. The molecule has 3 atom stereocenters. The van der Waals surface area contributed by atoms with Crippen molar-refractivity contribution in [2.24, 2.45) is 11.8 Å². The van der Waals surface area contributed by atoms with E-state index >= 15 is 0 Å². The van der Waals surface area contributed by atoms with Gasteiger partial charge in [0.1, 0.15) is 6.04 Å². The monoisotopic (exact) mass is 399 g/mol. The second-order valence-electron chi connectivity index (χ2n) is 7.12. The first-order valence-electron chi connectivity index (χ1n) is 8.98. The Morgan fingerprint density at radius 3 is 2.54 bits per heavy atom. The highest BCUT2D eigenvalue weighted by atomic mass is 32.2. The third kappa shape index (κ3) is 5.79. The fourth-order valence-electron chi connectivity index (χ4n) is 2.53. The third-order valence-corrected chi connectivity index (χ3v) is 6.05. The highest BCUT2D eigenvalue weighted by molar-refractivity contribution is 8.00. The quantitative estimate of drug-likeness (QED) is 0.566. The molecule has 28 heavy (non-hydrogen) atoms. The van der Waals surface area contributed by atoms with Gasteiger partial charge in [0.25, 0.3) is 5.91 Å². The standard InChI is InChI=1S/C22H25NO4S/c1-22(2,28-4)19(21(26)27-3)23-20(25)16-11-9-15(10-12-16)7-5-6-8-17-13-18(17)14-24/h9-12,17-19,24H,13-14H2,1-4H3,(H,23,25)/t17-,18+,19+/m0/s1. The highest BCUT2D eigenvalue weighted by Gasteiger charge is 2.37. The van der Waals surface area contributed by atoms with E-state index in [1.165, 1.54) is 18.9 Å². The zero-order chi connectivity index (χ0) is 20.7. The molecular formula is C22H25NO4S. The van der Waals surface area contributed by atoms with Crippen LogP contribution >= 0.6 is 11.8 Å². The van der Waals surface area contributed by atoms with Gasteiger partial charge < -0.3 is 15.2 Å². The van der Waals surface area contributed by atoms with Crippen LogP contribution in [0.15, 0.2) is 24.3 Å². The molecule has 2 N–H and O–H groups in total. The first-order chi connectivity index (χ1) is 13.3. The van der Waals surface area contributed by atoms with Crippen molar-refractivity contribution < 1.29 is 19.4 Å². The fourth-order valence-corrected chi connectivity index (χ4v) is 2.92. The molecule has 0 spiro atoms. The molecule has 0 radical (unpaired) electrons.